The summed E-state index contributed by atoms with van der Waals surface area (Å²) in [5, 5.41) is 159. The summed E-state index contributed by atoms with van der Waals surface area (Å²) in [4.78, 5) is 122. The van der Waals surface area contributed by atoms with E-state index in [2.05, 4.69) is 47.4 Å². The van der Waals surface area contributed by atoms with Crippen LogP contribution in [0, 0.1) is 12.8 Å². The predicted molar refractivity (Wildman–Crippen MR) is 437 cm³/mol. The van der Waals surface area contributed by atoms with Crippen molar-refractivity contribution in [1.82, 2.24) is 42.5 Å². The number of aryl methyl sites for hydroxylation is 1. The van der Waals surface area contributed by atoms with Crippen molar-refractivity contribution >= 4 is 76.2 Å². The lowest BCUT2D eigenvalue weighted by molar-refractivity contribution is -0.350. The van der Waals surface area contributed by atoms with Gasteiger partial charge in [-0.05, 0) is 142 Å². The molecule has 8 heterocycles. The summed E-state index contributed by atoms with van der Waals surface area (Å²) in [5.74, 6) is -16.6. The summed E-state index contributed by atoms with van der Waals surface area (Å²) in [5.41, 5.74) is 10.0. The number of carbonyl (C=O) groups excluding carboxylic acids is 7. The summed E-state index contributed by atoms with van der Waals surface area (Å²) in [6.07, 6.45) is -28.9. The molecular weight excluding hydrogens is 1670 g/mol. The fraction of sp³-hybridized carbons (Fsp3) is 0.470. The van der Waals surface area contributed by atoms with Gasteiger partial charge in [-0.15, -0.1) is 0 Å². The lowest BCUT2D eigenvalue weighted by Crippen LogP contribution is -2.65. The number of carbonyl (C=O) groups is 8. The number of anilines is 1. The topological polar surface area (TPSA) is 605 Å². The van der Waals surface area contributed by atoms with Gasteiger partial charge in [0, 0.05) is 66.6 Å². The highest BCUT2D eigenvalue weighted by Gasteiger charge is 2.53. The van der Waals surface area contributed by atoms with Gasteiger partial charge in [-0.3, -0.25) is 33.6 Å². The van der Waals surface area contributed by atoms with E-state index in [-0.39, 0.29) is 42.0 Å². The number of phenols is 3. The van der Waals surface area contributed by atoms with Gasteiger partial charge in [0.25, 0.3) is 0 Å². The minimum Gasteiger partial charge on any atom is -0.508 e. The first-order valence-electron chi connectivity index (χ1n) is 39.9. The number of nitrogens with one attached hydrogen (secondary N) is 8. The maximum Gasteiger partial charge on any atom is 0.330 e. The number of aliphatic carboxylic acids is 1. The normalized spacial score (nSPS) is 29.9. The van der Waals surface area contributed by atoms with Crippen LogP contribution in [-0.2, 0) is 62.0 Å². The summed E-state index contributed by atoms with van der Waals surface area (Å²) >= 11 is 14.5. The van der Waals surface area contributed by atoms with Crippen LogP contribution >= 0.6 is 23.2 Å². The van der Waals surface area contributed by atoms with Crippen LogP contribution < -0.4 is 73.1 Å². The van der Waals surface area contributed by atoms with E-state index in [1.165, 1.54) is 33.0 Å². The molecule has 6 aromatic rings. The molecule has 3 fully saturated rings. The Balaban J connectivity index is 1.03. The molecule has 0 saturated carbocycles. The van der Waals surface area contributed by atoms with Gasteiger partial charge in [-0.2, -0.15) is 0 Å². The number of phenolic OH excluding ortho intramolecular Hbond substituents is 3. The van der Waals surface area contributed by atoms with Gasteiger partial charge in [0.1, 0.15) is 120 Å². The molecule has 670 valence electrons. The molecule has 0 aliphatic carbocycles. The molecule has 41 heteroatoms. The van der Waals surface area contributed by atoms with E-state index in [1.807, 2.05) is 52.0 Å². The van der Waals surface area contributed by atoms with Gasteiger partial charge in [0.15, 0.2) is 30.1 Å². The number of rotatable bonds is 22. The van der Waals surface area contributed by atoms with Gasteiger partial charge in [0.05, 0.1) is 41.3 Å². The third-order valence-electron chi connectivity index (χ3n) is 22.3. The average Bonchev–Trinajstić information content (AvgIpc) is 0.761. The van der Waals surface area contributed by atoms with Crippen LogP contribution in [0.1, 0.15) is 118 Å². The highest BCUT2D eigenvalue weighted by Crippen LogP contribution is 2.50. The number of carboxylic acid groups (broad SMARTS) is 1. The molecule has 8 aliphatic heterocycles. The molecule has 24 N–H and O–H groups in total. The Morgan fingerprint density at radius 2 is 1.32 bits per heavy atom. The summed E-state index contributed by atoms with van der Waals surface area (Å²) in [7, 11) is 1.46. The van der Waals surface area contributed by atoms with Gasteiger partial charge < -0.3 is 158 Å². The molecular formula is C83H101Cl2N11O28. The zero-order valence-corrected chi connectivity index (χ0v) is 69.5. The number of hydrogen-bond acceptors (Lipinski definition) is 31. The number of aliphatic hydroxyl groups excluding tert-OH is 8. The first kappa shape index (κ1) is 92.8. The number of fused-ring (bicyclic) bond motifs is 15. The number of nitrogens with two attached hydrogens (primary N) is 2. The number of halogens is 2. The molecule has 0 aromatic heterocycles. The highest BCUT2D eigenvalue weighted by atomic mass is 35.5. The number of ether oxygens (including phenoxy) is 8. The molecule has 124 heavy (non-hydrogen) atoms. The predicted octanol–water partition coefficient (Wildman–Crippen LogP) is 0.363. The number of amides is 7. The van der Waals surface area contributed by atoms with Crippen molar-refractivity contribution in [2.75, 3.05) is 44.7 Å². The number of aliphatic hydroxyl groups is 8. The lowest BCUT2D eigenvalue weighted by Gasteiger charge is -2.46. The molecule has 14 rings (SSSR count). The van der Waals surface area contributed by atoms with Crippen molar-refractivity contribution in [3.8, 4) is 57.1 Å². The number of hydrogen-bond donors (Lipinski definition) is 22. The van der Waals surface area contributed by atoms with Crippen molar-refractivity contribution in [3.63, 3.8) is 0 Å². The minimum atomic E-state index is -2.42. The van der Waals surface area contributed by atoms with Gasteiger partial charge in [0.2, 0.25) is 53.4 Å². The van der Waals surface area contributed by atoms with E-state index >= 15 is 24.0 Å². The maximum atomic E-state index is 16.4. The number of primary amides is 1. The number of benzene rings is 6. The van der Waals surface area contributed by atoms with Crippen LogP contribution in [0.4, 0.5) is 5.69 Å². The number of aromatic hydroxyl groups is 3. The fourth-order valence-corrected chi connectivity index (χ4v) is 16.2. The smallest absolute Gasteiger partial charge is 0.330 e. The van der Waals surface area contributed by atoms with Crippen molar-refractivity contribution in [3.05, 3.63) is 147 Å². The first-order valence-corrected chi connectivity index (χ1v) is 40.7. The van der Waals surface area contributed by atoms with E-state index in [0.717, 1.165) is 78.0 Å². The maximum absolute atomic E-state index is 16.4. The second-order valence-electron chi connectivity index (χ2n) is 32.0. The molecule has 3 saturated heterocycles. The van der Waals surface area contributed by atoms with E-state index in [0.29, 0.717) is 19.6 Å². The van der Waals surface area contributed by atoms with Crippen LogP contribution in [0.25, 0.3) is 11.1 Å². The molecule has 0 radical (unpaired) electrons. The molecule has 39 nitrogen and oxygen atoms in total. The Labute approximate surface area is 719 Å². The highest BCUT2D eigenvalue weighted by molar-refractivity contribution is 6.32. The summed E-state index contributed by atoms with van der Waals surface area (Å²) in [6.45, 7) is 10.7. The second kappa shape index (κ2) is 39.0. The summed E-state index contributed by atoms with van der Waals surface area (Å²) < 4.78 is 51.3. The number of likely N-dealkylation sites (N-methyl/N-ethyl adjacent to an activating group) is 2. The van der Waals surface area contributed by atoms with E-state index < -0.39 is 279 Å². The van der Waals surface area contributed by atoms with E-state index in [9.17, 15) is 75.7 Å². The Morgan fingerprint density at radius 1 is 0.685 bits per heavy atom. The molecule has 11 bridgehead atoms. The Kier molecular flexibility index (Phi) is 29.2. The molecule has 7 amide bonds. The van der Waals surface area contributed by atoms with E-state index in [1.54, 1.807) is 0 Å². The fourth-order valence-electron chi connectivity index (χ4n) is 15.7. The monoisotopic (exact) mass is 1770 g/mol. The van der Waals surface area contributed by atoms with Crippen LogP contribution in [0.15, 0.2) is 103 Å². The van der Waals surface area contributed by atoms with Gasteiger partial charge in [-0.1, -0.05) is 67.4 Å². The lowest BCUT2D eigenvalue weighted by atomic mass is 9.86. The van der Waals surface area contributed by atoms with Crippen LogP contribution in [-0.4, -0.2) is 258 Å². The SMILES string of the molecule is CCN(CCNC[C@H]1O[C@@H](O[C@H]2[C@H](O)[C@@H](O)[C@H](Oc3c4cc5cc3Oc3ccc(cc3Cl)[C@@H](O[C@H]3C[C@](C)(N)[C@@H](O)[C@H](C)O3)[C@@H]3NC(=O)[C@H](NC(=O)[C@@H]5NC(=O)C(CC(N)=O)NC(=O)C(NC(=O)[C@@H](CC(C)C)NC)[C@H](O)c5ccc(c(Cl)c5)O4)c4ccc(O)c(c4)-c4c(O)cc(O)cc4C(C(=O)O)NC3=O)O[C@@H]2CO)[C@H](O)[C@@H](O)[C@H]1O)c1cccc(C)c1. The zero-order valence-electron chi connectivity index (χ0n) is 68.0. The van der Waals surface area contributed by atoms with Gasteiger partial charge in [-0.25, -0.2) is 4.79 Å². The van der Waals surface area contributed by atoms with E-state index in [4.69, 9.17) is 72.6 Å². The van der Waals surface area contributed by atoms with Crippen LogP contribution in [0.5, 0.6) is 46.0 Å². The van der Waals surface area contributed by atoms with Crippen LogP contribution in [0.3, 0.4) is 0 Å². The molecule has 8 aliphatic rings. The largest absolute Gasteiger partial charge is 0.508 e. The van der Waals surface area contributed by atoms with Crippen molar-refractivity contribution in [1.29, 1.82) is 0 Å². The molecule has 3 unspecified atom stereocenters. The number of carboxylic acids is 1. The Hall–Kier alpha value is -10.4. The minimum absolute atomic E-state index is 0.125. The van der Waals surface area contributed by atoms with Crippen molar-refractivity contribution in [2.24, 2.45) is 17.4 Å². The molecule has 6 aromatic carbocycles. The van der Waals surface area contributed by atoms with Crippen molar-refractivity contribution in [2.45, 2.75) is 201 Å². The zero-order chi connectivity index (χ0) is 89.9. The average molecular weight is 1770 g/mol. The first-order chi connectivity index (χ1) is 58.8. The van der Waals surface area contributed by atoms with Gasteiger partial charge >= 0.3 is 5.97 Å². The van der Waals surface area contributed by atoms with Crippen LogP contribution in [0.2, 0.25) is 10.0 Å². The molecule has 23 atom stereocenters. The van der Waals surface area contributed by atoms with Crippen molar-refractivity contribution < 1.29 is 138 Å². The third-order valence-corrected chi connectivity index (χ3v) is 22.9. The third kappa shape index (κ3) is 20.4. The Bertz CT molecular complexity index is 4980. The Morgan fingerprint density at radius 3 is 1.95 bits per heavy atom. The molecule has 0 spiro atoms. The quantitative estimate of drug-likeness (QED) is 0.0408. The number of nitrogens with zero attached hydrogens (tertiary/aromatic N) is 1. The standard InChI is InChI=1S/C83H101Cl2N11O28/c1-8-96(40-11-9-10-34(4)21-40)19-18-89-31-54-65(103)66(104)68(106)81(120-54)124-72-55(32-97)121-82(69(107)67(72)105)123-71-52-25-39-26-53(71)119-51-17-14-38(24-45(51)85)70(122-57-30-83(6,87)73(108)35(5)117-57)63-79(114)93-61(80(115)116)43-27-41(98)28-49(100)58(43)42-22-36(12-15-48(42)99)59(76(111)95-63)92-77(112)60(39)91-75(110)47(29-56(86)101)90-78(113)62(94-74(109)46(88-7)20-33(2)3)64(102)37-13-16-50(118-52)44(84)23-37/h9-17,21-28,33,35,46-47,54-55,57,59-70,72-73,81-82,88-89,97-100,102-108H,8,18-20,29-32,87H2,1-7H3,(H2,86,101)(H,90,113)(H,91,110)(H,92,112)(H,93,114)(H,94,109)(H,95,111)(H,115,116)/t35-,46+,47?,54+,55+,57-,59+,60+,61?,62?,63-,64+,65-,66-,67+,68+,69+,70+,72+,73-,81-,82-,83-/m0/s1. The summed E-state index contributed by atoms with van der Waals surface area (Å²) in [6, 6.07) is 6.93. The second-order valence-corrected chi connectivity index (χ2v) is 32.8.